The average Bonchev–Trinajstić information content (AvgIpc) is 2.37. The van der Waals surface area contributed by atoms with Gasteiger partial charge in [-0.05, 0) is 25.3 Å². The Morgan fingerprint density at radius 1 is 1.44 bits per heavy atom. The van der Waals surface area contributed by atoms with Crippen molar-refractivity contribution in [3.8, 4) is 6.07 Å². The first-order valence-electron chi connectivity index (χ1n) is 5.98. The van der Waals surface area contributed by atoms with Gasteiger partial charge < -0.3 is 5.11 Å². The second-order valence-corrected chi connectivity index (χ2v) is 4.53. The van der Waals surface area contributed by atoms with Crippen molar-refractivity contribution in [2.75, 3.05) is 0 Å². The van der Waals surface area contributed by atoms with Crippen molar-refractivity contribution in [1.82, 2.24) is 5.32 Å². The molecule has 0 radical (unpaired) electrons. The van der Waals surface area contributed by atoms with E-state index in [0.29, 0.717) is 19.4 Å². The first kappa shape index (κ1) is 14.2. The number of nitriles is 1. The summed E-state index contributed by atoms with van der Waals surface area (Å²) >= 11 is 0. The molecular formula is C14H18N2O2. The Hall–Kier alpha value is -1.86. The van der Waals surface area contributed by atoms with Crippen LogP contribution in [0, 0.1) is 11.3 Å². The van der Waals surface area contributed by atoms with E-state index < -0.39 is 11.5 Å². The smallest absolute Gasteiger partial charge is 0.303 e. The van der Waals surface area contributed by atoms with Crippen LogP contribution in [0.25, 0.3) is 0 Å². The molecule has 0 fully saturated rings. The van der Waals surface area contributed by atoms with E-state index in [0.717, 1.165) is 5.56 Å². The summed E-state index contributed by atoms with van der Waals surface area (Å²) in [7, 11) is 0. The van der Waals surface area contributed by atoms with Crippen LogP contribution in [0.4, 0.5) is 0 Å². The Kier molecular flexibility index (Phi) is 5.34. The summed E-state index contributed by atoms with van der Waals surface area (Å²) in [5, 5.41) is 20.9. The SMILES string of the molecule is CC(C#N)(CCCC(=O)O)NCc1ccccc1. The largest absolute Gasteiger partial charge is 0.481 e. The quantitative estimate of drug-likeness (QED) is 0.774. The monoisotopic (exact) mass is 246 g/mol. The molecule has 0 aliphatic carbocycles. The molecule has 18 heavy (non-hydrogen) atoms. The van der Waals surface area contributed by atoms with Crippen LogP contribution in [-0.2, 0) is 11.3 Å². The Morgan fingerprint density at radius 3 is 2.67 bits per heavy atom. The van der Waals surface area contributed by atoms with Crippen LogP contribution >= 0.6 is 0 Å². The highest BCUT2D eigenvalue weighted by molar-refractivity contribution is 5.66. The number of rotatable bonds is 7. The molecule has 0 saturated carbocycles. The summed E-state index contributed by atoms with van der Waals surface area (Å²) in [6.07, 6.45) is 1.13. The molecule has 0 spiro atoms. The number of nitrogens with zero attached hydrogens (tertiary/aromatic N) is 1. The normalized spacial score (nSPS) is 13.6. The minimum absolute atomic E-state index is 0.101. The standard InChI is InChI=1S/C14H18N2O2/c1-14(11-15,9-5-8-13(17)18)16-10-12-6-3-2-4-7-12/h2-4,6-7,16H,5,8-10H2,1H3,(H,17,18). The minimum atomic E-state index is -0.821. The zero-order valence-electron chi connectivity index (χ0n) is 10.5. The fourth-order valence-electron chi connectivity index (χ4n) is 1.67. The third kappa shape index (κ3) is 4.98. The second-order valence-electron chi connectivity index (χ2n) is 4.53. The van der Waals surface area contributed by atoms with Crippen LogP contribution in [0.1, 0.15) is 31.7 Å². The van der Waals surface area contributed by atoms with Crippen LogP contribution in [0.15, 0.2) is 30.3 Å². The van der Waals surface area contributed by atoms with E-state index >= 15 is 0 Å². The van der Waals surface area contributed by atoms with Crippen molar-refractivity contribution in [3.05, 3.63) is 35.9 Å². The number of carboxylic acid groups (broad SMARTS) is 1. The predicted octanol–water partition coefficient (Wildman–Crippen LogP) is 2.31. The highest BCUT2D eigenvalue weighted by atomic mass is 16.4. The van der Waals surface area contributed by atoms with Crippen LogP contribution in [0.3, 0.4) is 0 Å². The van der Waals surface area contributed by atoms with Gasteiger partial charge in [-0.2, -0.15) is 5.26 Å². The van der Waals surface area contributed by atoms with Crippen molar-refractivity contribution >= 4 is 5.97 Å². The van der Waals surface area contributed by atoms with Gasteiger partial charge >= 0.3 is 5.97 Å². The van der Waals surface area contributed by atoms with E-state index in [4.69, 9.17) is 10.4 Å². The summed E-state index contributed by atoms with van der Waals surface area (Å²) in [6.45, 7) is 2.41. The van der Waals surface area contributed by atoms with E-state index in [1.165, 1.54) is 0 Å². The zero-order valence-corrected chi connectivity index (χ0v) is 10.5. The fourth-order valence-corrected chi connectivity index (χ4v) is 1.67. The maximum atomic E-state index is 10.4. The topological polar surface area (TPSA) is 73.1 Å². The minimum Gasteiger partial charge on any atom is -0.481 e. The summed E-state index contributed by atoms with van der Waals surface area (Å²) in [5.41, 5.74) is 0.433. The molecule has 4 heteroatoms. The van der Waals surface area contributed by atoms with Gasteiger partial charge in [-0.15, -0.1) is 0 Å². The van der Waals surface area contributed by atoms with Crippen LogP contribution < -0.4 is 5.32 Å². The van der Waals surface area contributed by atoms with Crippen LogP contribution in [0.2, 0.25) is 0 Å². The fraction of sp³-hybridized carbons (Fsp3) is 0.429. The van der Waals surface area contributed by atoms with Crippen molar-refractivity contribution in [1.29, 1.82) is 5.26 Å². The molecule has 1 rings (SSSR count). The number of carbonyl (C=O) groups is 1. The van der Waals surface area contributed by atoms with Gasteiger partial charge in [0, 0.05) is 13.0 Å². The van der Waals surface area contributed by atoms with Crippen molar-refractivity contribution < 1.29 is 9.90 Å². The van der Waals surface area contributed by atoms with E-state index in [1.54, 1.807) is 6.92 Å². The molecule has 0 aliphatic heterocycles. The Labute approximate surface area is 107 Å². The summed E-state index contributed by atoms with van der Waals surface area (Å²) in [4.78, 5) is 10.4. The third-order valence-electron chi connectivity index (χ3n) is 2.84. The van der Waals surface area contributed by atoms with E-state index in [9.17, 15) is 4.79 Å². The lowest BCUT2D eigenvalue weighted by molar-refractivity contribution is -0.137. The van der Waals surface area contributed by atoms with Crippen LogP contribution in [-0.4, -0.2) is 16.6 Å². The molecule has 96 valence electrons. The molecule has 0 heterocycles. The molecule has 0 aromatic heterocycles. The van der Waals surface area contributed by atoms with E-state index in [2.05, 4.69) is 11.4 Å². The lowest BCUT2D eigenvalue weighted by Crippen LogP contribution is -2.40. The number of hydrogen-bond acceptors (Lipinski definition) is 3. The molecule has 4 nitrogen and oxygen atoms in total. The molecule has 1 atom stereocenters. The third-order valence-corrected chi connectivity index (χ3v) is 2.84. The highest BCUT2D eigenvalue weighted by Crippen LogP contribution is 2.14. The molecule has 1 aromatic carbocycles. The van der Waals surface area contributed by atoms with Crippen LogP contribution in [0.5, 0.6) is 0 Å². The zero-order chi connectivity index (χ0) is 13.4. The maximum Gasteiger partial charge on any atom is 0.303 e. The molecule has 0 aliphatic rings. The number of benzene rings is 1. The lowest BCUT2D eigenvalue weighted by Gasteiger charge is -2.23. The number of hydrogen-bond donors (Lipinski definition) is 2. The average molecular weight is 246 g/mol. The summed E-state index contributed by atoms with van der Waals surface area (Å²) in [5.74, 6) is -0.821. The molecule has 2 N–H and O–H groups in total. The number of nitrogens with one attached hydrogen (secondary N) is 1. The second kappa shape index (κ2) is 6.77. The Balaban J connectivity index is 2.45. The van der Waals surface area contributed by atoms with E-state index in [1.807, 2.05) is 30.3 Å². The van der Waals surface area contributed by atoms with Crippen molar-refractivity contribution in [2.45, 2.75) is 38.3 Å². The lowest BCUT2D eigenvalue weighted by atomic mass is 9.96. The van der Waals surface area contributed by atoms with Gasteiger partial charge in [0.25, 0.3) is 0 Å². The van der Waals surface area contributed by atoms with Gasteiger partial charge in [0.05, 0.1) is 6.07 Å². The molecule has 1 unspecified atom stereocenters. The molecule has 0 saturated heterocycles. The van der Waals surface area contributed by atoms with Crippen molar-refractivity contribution in [3.63, 3.8) is 0 Å². The number of aliphatic carboxylic acids is 1. The van der Waals surface area contributed by atoms with Gasteiger partial charge in [0.2, 0.25) is 0 Å². The molecular weight excluding hydrogens is 228 g/mol. The van der Waals surface area contributed by atoms with Gasteiger partial charge in [-0.25, -0.2) is 0 Å². The first-order chi connectivity index (χ1) is 8.56. The van der Waals surface area contributed by atoms with Gasteiger partial charge in [0.15, 0.2) is 0 Å². The van der Waals surface area contributed by atoms with E-state index in [-0.39, 0.29) is 6.42 Å². The Morgan fingerprint density at radius 2 is 2.11 bits per heavy atom. The molecule has 0 bridgehead atoms. The molecule has 1 aromatic rings. The first-order valence-corrected chi connectivity index (χ1v) is 5.98. The van der Waals surface area contributed by atoms with Gasteiger partial charge in [0.1, 0.15) is 5.54 Å². The van der Waals surface area contributed by atoms with Gasteiger partial charge in [-0.3, -0.25) is 10.1 Å². The molecule has 0 amide bonds. The maximum absolute atomic E-state index is 10.4. The summed E-state index contributed by atoms with van der Waals surface area (Å²) in [6, 6.07) is 12.0. The Bertz CT molecular complexity index is 425. The summed E-state index contributed by atoms with van der Waals surface area (Å²) < 4.78 is 0. The highest BCUT2D eigenvalue weighted by Gasteiger charge is 2.22. The van der Waals surface area contributed by atoms with Crippen molar-refractivity contribution in [2.24, 2.45) is 0 Å². The van der Waals surface area contributed by atoms with Gasteiger partial charge in [-0.1, -0.05) is 30.3 Å². The number of carboxylic acids is 1. The predicted molar refractivity (Wildman–Crippen MR) is 68.8 cm³/mol.